The summed E-state index contributed by atoms with van der Waals surface area (Å²) in [5, 5.41) is 13.3. The molecule has 5 heteroatoms. The van der Waals surface area contributed by atoms with Crippen molar-refractivity contribution in [3.63, 3.8) is 0 Å². The second-order valence-corrected chi connectivity index (χ2v) is 8.23. The van der Waals surface area contributed by atoms with Crippen LogP contribution in [0.5, 0.6) is 0 Å². The van der Waals surface area contributed by atoms with Crippen LogP contribution >= 0.6 is 11.6 Å². The summed E-state index contributed by atoms with van der Waals surface area (Å²) in [4.78, 5) is 12.0. The molecule has 1 atom stereocenters. The van der Waals surface area contributed by atoms with Gasteiger partial charge in [-0.15, -0.1) is 0 Å². The Morgan fingerprint density at radius 3 is 2.59 bits per heavy atom. The van der Waals surface area contributed by atoms with Crippen LogP contribution in [0.4, 0.5) is 11.4 Å². The largest absolute Gasteiger partial charge is 0.397 e. The van der Waals surface area contributed by atoms with Crippen LogP contribution < -0.4 is 11.1 Å². The predicted octanol–water partition coefficient (Wildman–Crippen LogP) is 6.87. The zero-order chi connectivity index (χ0) is 21.3. The predicted molar refractivity (Wildman–Crippen MR) is 125 cm³/mol. The molecule has 0 spiro atoms. The molecule has 0 aliphatic carbocycles. The summed E-state index contributed by atoms with van der Waals surface area (Å²) in [6, 6.07) is 5.09. The second-order valence-electron chi connectivity index (χ2n) is 7.80. The van der Waals surface area contributed by atoms with Gasteiger partial charge in [-0.25, -0.2) is 0 Å². The van der Waals surface area contributed by atoms with Gasteiger partial charge in [0.1, 0.15) is 0 Å². The molecule has 0 bridgehead atoms. The number of amides is 1. The summed E-state index contributed by atoms with van der Waals surface area (Å²) in [6.07, 6.45) is 17.7. The Balaban J connectivity index is 1.97. The van der Waals surface area contributed by atoms with Crippen LogP contribution in [0, 0.1) is 0 Å². The van der Waals surface area contributed by atoms with Gasteiger partial charge in [-0.05, 0) is 50.3 Å². The maximum atomic E-state index is 12.0. The van der Waals surface area contributed by atoms with Crippen molar-refractivity contribution in [1.29, 1.82) is 0 Å². The summed E-state index contributed by atoms with van der Waals surface area (Å²) in [5.74, 6) is -0.00444. The number of rotatable bonds is 16. The zero-order valence-electron chi connectivity index (χ0n) is 18.0. The summed E-state index contributed by atoms with van der Waals surface area (Å²) < 4.78 is 0. The molecule has 29 heavy (non-hydrogen) atoms. The van der Waals surface area contributed by atoms with Gasteiger partial charge in [0.2, 0.25) is 5.91 Å². The van der Waals surface area contributed by atoms with Gasteiger partial charge in [0.05, 0.1) is 17.5 Å². The van der Waals surface area contributed by atoms with Crippen molar-refractivity contribution >= 4 is 28.9 Å². The highest BCUT2D eigenvalue weighted by molar-refractivity contribution is 6.31. The standard InChI is InChI=1S/C24H39ClN2O2/c1-2-3-4-11-14-21(28)15-12-9-7-5-6-8-10-13-16-24(29)27-23-18-17-20(25)19-22(23)26/h9,12,17-19,21,28H,2-8,10-11,13-16,26H2,1H3,(H,27,29)/b12-9-/t21-/m1/s1. The molecule has 1 amide bonds. The van der Waals surface area contributed by atoms with Crippen molar-refractivity contribution in [1.82, 2.24) is 0 Å². The number of aliphatic hydroxyl groups is 1. The van der Waals surface area contributed by atoms with E-state index >= 15 is 0 Å². The van der Waals surface area contributed by atoms with E-state index in [0.29, 0.717) is 22.8 Å². The minimum atomic E-state index is -0.183. The number of nitrogen functional groups attached to an aromatic ring is 1. The van der Waals surface area contributed by atoms with E-state index in [2.05, 4.69) is 24.4 Å². The Hall–Kier alpha value is -1.52. The molecule has 1 aromatic rings. The highest BCUT2D eigenvalue weighted by Crippen LogP contribution is 2.23. The lowest BCUT2D eigenvalue weighted by atomic mass is 10.1. The van der Waals surface area contributed by atoms with Gasteiger partial charge in [0, 0.05) is 11.4 Å². The van der Waals surface area contributed by atoms with Gasteiger partial charge in [-0.2, -0.15) is 0 Å². The number of halogens is 1. The lowest BCUT2D eigenvalue weighted by Gasteiger charge is -2.08. The minimum Gasteiger partial charge on any atom is -0.397 e. The molecular formula is C24H39ClN2O2. The van der Waals surface area contributed by atoms with Crippen LogP contribution in [0.25, 0.3) is 0 Å². The van der Waals surface area contributed by atoms with Crippen molar-refractivity contribution < 1.29 is 9.90 Å². The molecule has 4 N–H and O–H groups in total. The number of aliphatic hydroxyl groups excluding tert-OH is 1. The molecular weight excluding hydrogens is 384 g/mol. The maximum absolute atomic E-state index is 12.0. The normalized spacial score (nSPS) is 12.4. The van der Waals surface area contributed by atoms with Gasteiger partial charge in [-0.3, -0.25) is 4.79 Å². The number of allylic oxidation sites excluding steroid dienone is 1. The van der Waals surface area contributed by atoms with Crippen LogP contribution in [-0.2, 0) is 4.79 Å². The fourth-order valence-electron chi connectivity index (χ4n) is 3.23. The fraction of sp³-hybridized carbons (Fsp3) is 0.625. The van der Waals surface area contributed by atoms with Crippen molar-refractivity contribution in [3.8, 4) is 0 Å². The van der Waals surface area contributed by atoms with Crippen molar-refractivity contribution in [2.45, 2.75) is 96.5 Å². The number of benzene rings is 1. The minimum absolute atomic E-state index is 0.00444. The number of nitrogens with one attached hydrogen (secondary N) is 1. The Bertz CT molecular complexity index is 605. The summed E-state index contributed by atoms with van der Waals surface area (Å²) in [6.45, 7) is 2.20. The van der Waals surface area contributed by atoms with E-state index in [-0.39, 0.29) is 12.0 Å². The first-order chi connectivity index (χ1) is 14.0. The zero-order valence-corrected chi connectivity index (χ0v) is 18.7. The molecule has 0 aliphatic heterocycles. The van der Waals surface area contributed by atoms with E-state index in [1.165, 1.54) is 25.7 Å². The third-order valence-electron chi connectivity index (χ3n) is 5.03. The number of carbonyl (C=O) groups excluding carboxylic acids is 1. The molecule has 1 aromatic carbocycles. The van der Waals surface area contributed by atoms with Crippen molar-refractivity contribution in [2.24, 2.45) is 0 Å². The first-order valence-corrected chi connectivity index (χ1v) is 11.6. The lowest BCUT2D eigenvalue weighted by Crippen LogP contribution is -2.12. The van der Waals surface area contributed by atoms with Crippen molar-refractivity contribution in [2.75, 3.05) is 11.1 Å². The van der Waals surface area contributed by atoms with Crippen LogP contribution in [0.3, 0.4) is 0 Å². The number of anilines is 2. The number of carbonyl (C=O) groups is 1. The average molecular weight is 423 g/mol. The molecule has 1 rings (SSSR count). The molecule has 0 fully saturated rings. The van der Waals surface area contributed by atoms with Gasteiger partial charge in [0.25, 0.3) is 0 Å². The number of unbranched alkanes of at least 4 members (excludes halogenated alkanes) is 8. The van der Waals surface area contributed by atoms with Crippen LogP contribution in [0.1, 0.15) is 90.4 Å². The van der Waals surface area contributed by atoms with E-state index in [0.717, 1.165) is 51.4 Å². The molecule has 0 heterocycles. The monoisotopic (exact) mass is 422 g/mol. The smallest absolute Gasteiger partial charge is 0.224 e. The topological polar surface area (TPSA) is 75.3 Å². The van der Waals surface area contributed by atoms with E-state index in [1.54, 1.807) is 18.2 Å². The second kappa shape index (κ2) is 16.3. The maximum Gasteiger partial charge on any atom is 0.224 e. The summed E-state index contributed by atoms with van der Waals surface area (Å²) >= 11 is 5.86. The van der Waals surface area contributed by atoms with E-state index in [9.17, 15) is 9.90 Å². The van der Waals surface area contributed by atoms with Crippen LogP contribution in [0.2, 0.25) is 5.02 Å². The highest BCUT2D eigenvalue weighted by atomic mass is 35.5. The molecule has 0 unspecified atom stereocenters. The number of hydrogen-bond acceptors (Lipinski definition) is 3. The first kappa shape index (κ1) is 25.5. The average Bonchev–Trinajstić information content (AvgIpc) is 2.69. The summed E-state index contributed by atoms with van der Waals surface area (Å²) in [5.41, 5.74) is 6.96. The molecule has 164 valence electrons. The van der Waals surface area contributed by atoms with E-state index < -0.39 is 0 Å². The number of hydrogen-bond donors (Lipinski definition) is 3. The molecule has 0 saturated carbocycles. The fourth-order valence-corrected chi connectivity index (χ4v) is 3.41. The molecule has 0 saturated heterocycles. The third-order valence-corrected chi connectivity index (χ3v) is 5.26. The lowest BCUT2D eigenvalue weighted by molar-refractivity contribution is -0.116. The SMILES string of the molecule is CCCCCC[C@@H](O)C/C=C\CCCCCCCC(=O)Nc1ccc(Cl)cc1N. The van der Waals surface area contributed by atoms with Crippen LogP contribution in [-0.4, -0.2) is 17.1 Å². The van der Waals surface area contributed by atoms with E-state index in [4.69, 9.17) is 17.3 Å². The Kier molecular flexibility index (Phi) is 14.3. The molecule has 0 aliphatic rings. The van der Waals surface area contributed by atoms with Crippen LogP contribution in [0.15, 0.2) is 30.4 Å². The molecule has 0 radical (unpaired) electrons. The third kappa shape index (κ3) is 13.3. The Morgan fingerprint density at radius 2 is 1.83 bits per heavy atom. The van der Waals surface area contributed by atoms with Gasteiger partial charge < -0.3 is 16.2 Å². The first-order valence-electron chi connectivity index (χ1n) is 11.2. The van der Waals surface area contributed by atoms with E-state index in [1.807, 2.05) is 0 Å². The quantitative estimate of drug-likeness (QED) is 0.154. The van der Waals surface area contributed by atoms with Gasteiger partial charge in [0.15, 0.2) is 0 Å². The van der Waals surface area contributed by atoms with Gasteiger partial charge in [-0.1, -0.05) is 75.6 Å². The molecule has 4 nitrogen and oxygen atoms in total. The van der Waals surface area contributed by atoms with Crippen molar-refractivity contribution in [3.05, 3.63) is 35.4 Å². The Morgan fingerprint density at radius 1 is 1.10 bits per heavy atom. The van der Waals surface area contributed by atoms with Gasteiger partial charge >= 0.3 is 0 Å². The number of nitrogens with two attached hydrogens (primary N) is 1. The highest BCUT2D eigenvalue weighted by Gasteiger charge is 2.05. The summed E-state index contributed by atoms with van der Waals surface area (Å²) in [7, 11) is 0. The Labute approximate surface area is 181 Å². The molecule has 0 aromatic heterocycles.